The molecule has 0 heterocycles. The SMILES string of the molecule is Cc1cc(C(C)C)cc2c(C)cccc12. The Balaban J connectivity index is 2.80. The largest absolute Gasteiger partial charge is 0.0614 e. The molecule has 0 aliphatic rings. The molecule has 78 valence electrons. The standard InChI is InChI=1S/C15H18/c1-10(2)13-8-12(4)14-7-5-6-11(3)15(14)9-13/h5-10H,1-4H3. The third-order valence-corrected chi connectivity index (χ3v) is 3.11. The lowest BCUT2D eigenvalue weighted by Gasteiger charge is -2.11. The summed E-state index contributed by atoms with van der Waals surface area (Å²) in [6.45, 7) is 8.89. The topological polar surface area (TPSA) is 0 Å². The first kappa shape index (κ1) is 10.2. The molecular weight excluding hydrogens is 180 g/mol. The van der Waals surface area contributed by atoms with Crippen LogP contribution in [0.3, 0.4) is 0 Å². The molecule has 0 amide bonds. The molecule has 15 heavy (non-hydrogen) atoms. The Morgan fingerprint density at radius 1 is 0.867 bits per heavy atom. The van der Waals surface area contributed by atoms with Crippen molar-refractivity contribution in [2.45, 2.75) is 33.6 Å². The van der Waals surface area contributed by atoms with Gasteiger partial charge in [-0.15, -0.1) is 0 Å². The summed E-state index contributed by atoms with van der Waals surface area (Å²) in [5, 5.41) is 2.79. The molecule has 0 atom stereocenters. The van der Waals surface area contributed by atoms with Crippen molar-refractivity contribution in [2.24, 2.45) is 0 Å². The third-order valence-electron chi connectivity index (χ3n) is 3.11. The van der Waals surface area contributed by atoms with E-state index in [2.05, 4.69) is 58.0 Å². The Labute approximate surface area is 91.9 Å². The quantitative estimate of drug-likeness (QED) is 0.629. The minimum absolute atomic E-state index is 0.604. The molecule has 2 aromatic carbocycles. The van der Waals surface area contributed by atoms with Gasteiger partial charge in [0.2, 0.25) is 0 Å². The normalized spacial score (nSPS) is 11.3. The van der Waals surface area contributed by atoms with Gasteiger partial charge in [-0.2, -0.15) is 0 Å². The first-order chi connectivity index (χ1) is 7.09. The zero-order valence-electron chi connectivity index (χ0n) is 9.96. The van der Waals surface area contributed by atoms with Crippen LogP contribution < -0.4 is 0 Å². The summed E-state index contributed by atoms with van der Waals surface area (Å²) in [7, 11) is 0. The molecule has 0 spiro atoms. The maximum absolute atomic E-state index is 2.34. The summed E-state index contributed by atoms with van der Waals surface area (Å²) < 4.78 is 0. The minimum atomic E-state index is 0.604. The van der Waals surface area contributed by atoms with Crippen molar-refractivity contribution in [1.29, 1.82) is 0 Å². The number of hydrogen-bond acceptors (Lipinski definition) is 0. The van der Waals surface area contributed by atoms with Crippen molar-refractivity contribution in [1.82, 2.24) is 0 Å². The molecule has 0 aliphatic heterocycles. The van der Waals surface area contributed by atoms with E-state index >= 15 is 0 Å². The molecule has 0 aliphatic carbocycles. The Kier molecular flexibility index (Phi) is 2.52. The van der Waals surface area contributed by atoms with Gasteiger partial charge in [0.1, 0.15) is 0 Å². The van der Waals surface area contributed by atoms with E-state index in [-0.39, 0.29) is 0 Å². The van der Waals surface area contributed by atoms with E-state index in [4.69, 9.17) is 0 Å². The molecule has 0 heteroatoms. The summed E-state index contributed by atoms with van der Waals surface area (Å²) in [5.74, 6) is 0.604. The maximum atomic E-state index is 2.34. The lowest BCUT2D eigenvalue weighted by Crippen LogP contribution is -1.91. The van der Waals surface area contributed by atoms with Crippen LogP contribution in [0.5, 0.6) is 0 Å². The Morgan fingerprint density at radius 2 is 1.60 bits per heavy atom. The lowest BCUT2D eigenvalue weighted by molar-refractivity contribution is 0.867. The second kappa shape index (κ2) is 3.69. The van der Waals surface area contributed by atoms with Crippen molar-refractivity contribution in [2.75, 3.05) is 0 Å². The van der Waals surface area contributed by atoms with E-state index in [1.54, 1.807) is 0 Å². The average Bonchev–Trinajstić information content (AvgIpc) is 2.19. The van der Waals surface area contributed by atoms with E-state index in [0.29, 0.717) is 5.92 Å². The van der Waals surface area contributed by atoms with Crippen LogP contribution in [-0.2, 0) is 0 Å². The molecule has 0 aromatic heterocycles. The number of benzene rings is 2. The van der Waals surface area contributed by atoms with Crippen LogP contribution in [0.1, 0.15) is 36.5 Å². The summed E-state index contributed by atoms with van der Waals surface area (Å²) >= 11 is 0. The molecule has 0 saturated heterocycles. The van der Waals surface area contributed by atoms with E-state index in [1.165, 1.54) is 27.5 Å². The third kappa shape index (κ3) is 1.77. The number of aryl methyl sites for hydroxylation is 2. The highest BCUT2D eigenvalue weighted by Crippen LogP contribution is 2.26. The fourth-order valence-corrected chi connectivity index (χ4v) is 2.09. The number of rotatable bonds is 1. The fraction of sp³-hybridized carbons (Fsp3) is 0.333. The van der Waals surface area contributed by atoms with Gasteiger partial charge in [0.05, 0.1) is 0 Å². The number of fused-ring (bicyclic) bond motifs is 1. The Hall–Kier alpha value is -1.30. The van der Waals surface area contributed by atoms with Crippen molar-refractivity contribution < 1.29 is 0 Å². The molecule has 2 aromatic rings. The van der Waals surface area contributed by atoms with E-state index in [1.807, 2.05) is 0 Å². The van der Waals surface area contributed by atoms with Crippen LogP contribution in [-0.4, -0.2) is 0 Å². The molecule has 0 radical (unpaired) electrons. The van der Waals surface area contributed by atoms with Crippen LogP contribution >= 0.6 is 0 Å². The summed E-state index contributed by atoms with van der Waals surface area (Å²) in [6, 6.07) is 11.2. The minimum Gasteiger partial charge on any atom is -0.0614 e. The van der Waals surface area contributed by atoms with Crippen LogP contribution in [0.25, 0.3) is 10.8 Å². The lowest BCUT2D eigenvalue weighted by atomic mass is 9.94. The smallest absolute Gasteiger partial charge is 0.0149 e. The molecule has 0 bridgehead atoms. The average molecular weight is 198 g/mol. The van der Waals surface area contributed by atoms with Gasteiger partial charge < -0.3 is 0 Å². The van der Waals surface area contributed by atoms with E-state index < -0.39 is 0 Å². The zero-order chi connectivity index (χ0) is 11.0. The summed E-state index contributed by atoms with van der Waals surface area (Å²) in [5.41, 5.74) is 4.20. The predicted octanol–water partition coefficient (Wildman–Crippen LogP) is 4.58. The Bertz CT molecular complexity index is 493. The van der Waals surface area contributed by atoms with Gasteiger partial charge in [0, 0.05) is 0 Å². The summed E-state index contributed by atoms with van der Waals surface area (Å²) in [4.78, 5) is 0. The first-order valence-electron chi connectivity index (χ1n) is 5.59. The van der Waals surface area contributed by atoms with Gasteiger partial charge in [-0.05, 0) is 47.2 Å². The maximum Gasteiger partial charge on any atom is -0.0149 e. The predicted molar refractivity (Wildman–Crippen MR) is 67.5 cm³/mol. The molecule has 0 fully saturated rings. The highest BCUT2D eigenvalue weighted by atomic mass is 14.1. The van der Waals surface area contributed by atoms with Gasteiger partial charge in [-0.1, -0.05) is 44.2 Å². The van der Waals surface area contributed by atoms with Crippen molar-refractivity contribution in [3.05, 3.63) is 47.0 Å². The summed E-state index contributed by atoms with van der Waals surface area (Å²) in [6.07, 6.45) is 0. The molecule has 0 saturated carbocycles. The molecule has 0 N–H and O–H groups in total. The highest BCUT2D eigenvalue weighted by Gasteiger charge is 2.05. The second-order valence-corrected chi connectivity index (χ2v) is 4.66. The molecule has 0 unspecified atom stereocenters. The van der Waals surface area contributed by atoms with Gasteiger partial charge in [-0.3, -0.25) is 0 Å². The van der Waals surface area contributed by atoms with Crippen LogP contribution in [0, 0.1) is 13.8 Å². The highest BCUT2D eigenvalue weighted by molar-refractivity contribution is 5.89. The van der Waals surface area contributed by atoms with Crippen molar-refractivity contribution >= 4 is 10.8 Å². The monoisotopic (exact) mass is 198 g/mol. The van der Waals surface area contributed by atoms with Crippen LogP contribution in [0.4, 0.5) is 0 Å². The van der Waals surface area contributed by atoms with E-state index in [0.717, 1.165) is 0 Å². The van der Waals surface area contributed by atoms with E-state index in [9.17, 15) is 0 Å². The van der Waals surface area contributed by atoms with Gasteiger partial charge in [-0.25, -0.2) is 0 Å². The Morgan fingerprint density at radius 3 is 2.27 bits per heavy atom. The van der Waals surface area contributed by atoms with Crippen LogP contribution in [0.2, 0.25) is 0 Å². The molecule has 2 rings (SSSR count). The molecule has 0 nitrogen and oxygen atoms in total. The van der Waals surface area contributed by atoms with Crippen molar-refractivity contribution in [3.63, 3.8) is 0 Å². The van der Waals surface area contributed by atoms with Gasteiger partial charge >= 0.3 is 0 Å². The van der Waals surface area contributed by atoms with Crippen LogP contribution in [0.15, 0.2) is 30.3 Å². The van der Waals surface area contributed by atoms with Gasteiger partial charge in [0.15, 0.2) is 0 Å². The van der Waals surface area contributed by atoms with Crippen molar-refractivity contribution in [3.8, 4) is 0 Å². The van der Waals surface area contributed by atoms with Gasteiger partial charge in [0.25, 0.3) is 0 Å². The second-order valence-electron chi connectivity index (χ2n) is 4.66. The zero-order valence-corrected chi connectivity index (χ0v) is 9.96. The molecular formula is C15H18. The number of hydrogen-bond donors (Lipinski definition) is 0. The fourth-order valence-electron chi connectivity index (χ4n) is 2.09. The first-order valence-corrected chi connectivity index (χ1v) is 5.59.